The van der Waals surface area contributed by atoms with E-state index in [1.54, 1.807) is 0 Å². The molecule has 0 bridgehead atoms. The van der Waals surface area contributed by atoms with Crippen LogP contribution in [0.1, 0.15) is 27.7 Å². The molecule has 0 aromatic heterocycles. The van der Waals surface area contributed by atoms with Crippen molar-refractivity contribution in [1.29, 1.82) is 0 Å². The molecule has 7 heterocycles. The van der Waals surface area contributed by atoms with E-state index in [1.807, 2.05) is 0 Å². The molecule has 35 atom stereocenters. The fourth-order valence-electron chi connectivity index (χ4n) is 11.0. The number of ether oxygens (including phenoxy) is 13. The van der Waals surface area contributed by atoms with E-state index < -0.39 is 272 Å². The van der Waals surface area contributed by atoms with E-state index in [9.17, 15) is 111 Å². The standard InChI is InChI=1S/C48H81N3O35/c1-11-24(60)31(67)35(71)46(75-11)84-39-23(51-14(4)59)42(73)76-19(9-56)38(39)83-44-22(50-13(3)58)30(66)37(18(8-55)80-44)82-47-36(72)40(28(64)20(81-47)10-74-45-34(70)32(68)26(62)16(6-53)78-45)85-48-41(33(69)27(63)17(7-54)79-48)86-43-21(49-12(2)57)29(65)25(61)15(5-52)77-43/h11,15-48,52-56,60-73H,5-10H2,1-4H3,(H,49,57)(H,50,58)(H,51,59)/t11-,15+,16+,17+,18+,19+,20+,21+,22+,23+,24+,25+,26+,27+,28+,29+,30+,31+,32-,33-,34-,35-,36-,37+,38+,39+,40-,41-,42?,43-,44-,45-,46-,47-,48+/m0/s1. The summed E-state index contributed by atoms with van der Waals surface area (Å²) in [5.41, 5.74) is 0. The summed E-state index contributed by atoms with van der Waals surface area (Å²) in [6, 6.07) is -5.25. The third-order valence-corrected chi connectivity index (χ3v) is 15.7. The number of hydrogen-bond acceptors (Lipinski definition) is 35. The zero-order valence-corrected chi connectivity index (χ0v) is 46.5. The van der Waals surface area contributed by atoms with Crippen LogP contribution in [0.4, 0.5) is 0 Å². The SMILES string of the molecule is CC(=O)N[C@H]1[C@H](O[C@H]2[C@H](O[C@@H]3O[C@@H](C)[C@@H](O)[C@@H](O)[C@@H]3O)[C@@H](NC(C)=O)C(O)O[C@@H]2CO)O[C@H](CO)[C@@H](O[C@@H]2O[C@H](CO[C@H]3O[C@H](CO)[C@@H](O)[C@H](O)[C@@H]3O)[C@@H](O)[C@H](O[C@H]3O[C@H](CO)[C@@H](O)[C@H](O)[C@@H]3O[C@@H]3O[C@H](CO)[C@@H](O)[C@H](O)[C@H]3NC(C)=O)[C@@H]2O)[C@@H]1O. The van der Waals surface area contributed by atoms with E-state index in [1.165, 1.54) is 6.92 Å². The van der Waals surface area contributed by atoms with E-state index in [0.717, 1.165) is 20.8 Å². The lowest BCUT2D eigenvalue weighted by Gasteiger charge is -2.51. The minimum Gasteiger partial charge on any atom is -0.394 e. The maximum Gasteiger partial charge on any atom is 0.217 e. The van der Waals surface area contributed by atoms with Gasteiger partial charge in [-0.05, 0) is 6.92 Å². The first-order valence-corrected chi connectivity index (χ1v) is 27.5. The molecule has 7 aliphatic heterocycles. The molecule has 0 radical (unpaired) electrons. The summed E-state index contributed by atoms with van der Waals surface area (Å²) in [7, 11) is 0. The third kappa shape index (κ3) is 15.4. The Kier molecular flexibility index (Phi) is 25.0. The predicted octanol–water partition coefficient (Wildman–Crippen LogP) is -14.8. The predicted molar refractivity (Wildman–Crippen MR) is 265 cm³/mol. The quantitative estimate of drug-likeness (QED) is 0.0507. The van der Waals surface area contributed by atoms with Gasteiger partial charge < -0.3 is 175 Å². The number of aliphatic hydroxyl groups is 19. The minimum absolute atomic E-state index is 0.799. The smallest absolute Gasteiger partial charge is 0.217 e. The van der Waals surface area contributed by atoms with Gasteiger partial charge >= 0.3 is 0 Å². The first-order valence-electron chi connectivity index (χ1n) is 27.5. The van der Waals surface area contributed by atoms with Crippen molar-refractivity contribution in [3.05, 3.63) is 0 Å². The van der Waals surface area contributed by atoms with E-state index in [-0.39, 0.29) is 0 Å². The lowest BCUT2D eigenvalue weighted by Crippen LogP contribution is -2.71. The van der Waals surface area contributed by atoms with Crippen LogP contribution in [0.3, 0.4) is 0 Å². The molecule has 0 aromatic rings. The maximum atomic E-state index is 13.0. The van der Waals surface area contributed by atoms with E-state index in [0.29, 0.717) is 0 Å². The fraction of sp³-hybridized carbons (Fsp3) is 0.938. The number of amides is 3. The monoisotopic (exact) mass is 1260 g/mol. The normalized spacial score (nSPS) is 49.4. The molecular formula is C48H81N3O35. The molecule has 38 heteroatoms. The Hall–Kier alpha value is -2.87. The highest BCUT2D eigenvalue weighted by Gasteiger charge is 2.59. The molecular weight excluding hydrogens is 1180 g/mol. The van der Waals surface area contributed by atoms with Gasteiger partial charge in [-0.1, -0.05) is 0 Å². The maximum absolute atomic E-state index is 13.0. The van der Waals surface area contributed by atoms with Gasteiger partial charge in [0.05, 0.1) is 45.7 Å². The van der Waals surface area contributed by atoms with Crippen LogP contribution in [-0.4, -0.2) is 369 Å². The van der Waals surface area contributed by atoms with Crippen LogP contribution in [-0.2, 0) is 76.0 Å². The van der Waals surface area contributed by atoms with E-state index in [4.69, 9.17) is 61.6 Å². The summed E-state index contributed by atoms with van der Waals surface area (Å²) in [5, 5.41) is 214. The van der Waals surface area contributed by atoms with Gasteiger partial charge in [-0.3, -0.25) is 14.4 Å². The minimum atomic E-state index is -2.40. The molecule has 0 spiro atoms. The number of aliphatic hydroxyl groups excluding tert-OH is 19. The lowest BCUT2D eigenvalue weighted by atomic mass is 9.93. The molecule has 38 nitrogen and oxygen atoms in total. The summed E-state index contributed by atoms with van der Waals surface area (Å²) in [6.07, 6.45) is -62.1. The number of carbonyl (C=O) groups is 3. The van der Waals surface area contributed by atoms with Crippen LogP contribution in [0.25, 0.3) is 0 Å². The largest absolute Gasteiger partial charge is 0.394 e. The van der Waals surface area contributed by atoms with Crippen molar-refractivity contribution in [2.24, 2.45) is 0 Å². The van der Waals surface area contributed by atoms with Crippen LogP contribution in [0, 0.1) is 0 Å². The highest BCUT2D eigenvalue weighted by Crippen LogP contribution is 2.38. The second-order valence-electron chi connectivity index (χ2n) is 21.8. The molecule has 22 N–H and O–H groups in total. The average molecular weight is 1260 g/mol. The van der Waals surface area contributed by atoms with Crippen molar-refractivity contribution >= 4 is 17.7 Å². The molecule has 7 fully saturated rings. The van der Waals surface area contributed by atoms with Crippen LogP contribution in [0.2, 0.25) is 0 Å². The molecule has 1 unspecified atom stereocenters. The van der Waals surface area contributed by atoms with Gasteiger partial charge in [0, 0.05) is 20.8 Å². The van der Waals surface area contributed by atoms with Crippen LogP contribution in [0.5, 0.6) is 0 Å². The Morgan fingerprint density at radius 1 is 0.326 bits per heavy atom. The van der Waals surface area contributed by atoms with Gasteiger partial charge in [0.1, 0.15) is 165 Å². The Bertz CT molecular complexity index is 2170. The zero-order valence-electron chi connectivity index (χ0n) is 46.5. The molecule has 0 aromatic carbocycles. The molecule has 7 aliphatic rings. The van der Waals surface area contributed by atoms with Crippen molar-refractivity contribution < 1.29 is 173 Å². The second-order valence-corrected chi connectivity index (χ2v) is 21.8. The number of carbonyl (C=O) groups excluding carboxylic acids is 3. The summed E-state index contributed by atoms with van der Waals surface area (Å²) >= 11 is 0. The van der Waals surface area contributed by atoms with Crippen molar-refractivity contribution in [2.45, 2.75) is 242 Å². The average Bonchev–Trinajstić information content (AvgIpc) is 1.04. The lowest BCUT2D eigenvalue weighted by molar-refractivity contribution is -0.395. The highest BCUT2D eigenvalue weighted by molar-refractivity contribution is 5.74. The summed E-state index contributed by atoms with van der Waals surface area (Å²) in [5.74, 6) is -2.52. The number of nitrogens with one attached hydrogen (secondary N) is 3. The van der Waals surface area contributed by atoms with E-state index in [2.05, 4.69) is 16.0 Å². The van der Waals surface area contributed by atoms with Gasteiger partial charge in [0.2, 0.25) is 17.7 Å². The molecule has 86 heavy (non-hydrogen) atoms. The number of rotatable bonds is 21. The molecule has 498 valence electrons. The first-order chi connectivity index (χ1) is 40.6. The zero-order chi connectivity index (χ0) is 63.5. The van der Waals surface area contributed by atoms with E-state index >= 15 is 0 Å². The van der Waals surface area contributed by atoms with Crippen molar-refractivity contribution in [1.82, 2.24) is 16.0 Å². The Labute approximate surface area is 488 Å². The number of hydrogen-bond donors (Lipinski definition) is 22. The molecule has 0 saturated carbocycles. The fourth-order valence-corrected chi connectivity index (χ4v) is 11.0. The van der Waals surface area contributed by atoms with Crippen LogP contribution in [0.15, 0.2) is 0 Å². The van der Waals surface area contributed by atoms with Crippen molar-refractivity contribution in [3.63, 3.8) is 0 Å². The molecule has 7 rings (SSSR count). The summed E-state index contributed by atoms with van der Waals surface area (Å²) in [6.45, 7) is -1.71. The third-order valence-electron chi connectivity index (χ3n) is 15.7. The molecule has 0 aliphatic carbocycles. The summed E-state index contributed by atoms with van der Waals surface area (Å²) in [4.78, 5) is 37.8. The van der Waals surface area contributed by atoms with Gasteiger partial charge in [0.25, 0.3) is 0 Å². The second kappa shape index (κ2) is 30.5. The topological polar surface area (TPSA) is 592 Å². The van der Waals surface area contributed by atoms with Gasteiger partial charge in [0.15, 0.2) is 44.0 Å². The Morgan fingerprint density at radius 3 is 1.28 bits per heavy atom. The molecule has 7 saturated heterocycles. The van der Waals surface area contributed by atoms with Crippen LogP contribution < -0.4 is 16.0 Å². The summed E-state index contributed by atoms with van der Waals surface area (Å²) < 4.78 is 76.3. The van der Waals surface area contributed by atoms with Crippen molar-refractivity contribution in [3.8, 4) is 0 Å². The Balaban J connectivity index is 1.21. The van der Waals surface area contributed by atoms with Gasteiger partial charge in [-0.15, -0.1) is 0 Å². The Morgan fingerprint density at radius 2 is 0.721 bits per heavy atom. The highest BCUT2D eigenvalue weighted by atomic mass is 16.8. The van der Waals surface area contributed by atoms with Gasteiger partial charge in [-0.25, -0.2) is 0 Å². The van der Waals surface area contributed by atoms with Gasteiger partial charge in [-0.2, -0.15) is 0 Å². The van der Waals surface area contributed by atoms with Crippen molar-refractivity contribution in [2.75, 3.05) is 39.6 Å². The molecule has 3 amide bonds. The van der Waals surface area contributed by atoms with Crippen LogP contribution >= 0.6 is 0 Å². The first kappa shape index (κ1) is 70.6.